The van der Waals surface area contributed by atoms with Gasteiger partial charge in [0, 0.05) is 29.5 Å². The first-order chi connectivity index (χ1) is 12.0. The fourth-order valence-electron chi connectivity index (χ4n) is 2.67. The van der Waals surface area contributed by atoms with Crippen LogP contribution in [0.2, 0.25) is 5.02 Å². The number of carbonyl (C=O) groups excluding carboxylic acids is 2. The maximum absolute atomic E-state index is 12.2. The summed E-state index contributed by atoms with van der Waals surface area (Å²) < 4.78 is 0. The first-order valence-corrected chi connectivity index (χ1v) is 8.39. The summed E-state index contributed by atoms with van der Waals surface area (Å²) >= 11 is 5.88. The number of hydrogen-bond donors (Lipinski definition) is 3. The van der Waals surface area contributed by atoms with Crippen molar-refractivity contribution in [3.63, 3.8) is 0 Å². The molecular weight excluding hydrogens is 340 g/mol. The summed E-state index contributed by atoms with van der Waals surface area (Å²) in [7, 11) is 0. The molecule has 1 fully saturated rings. The molecule has 1 unspecified atom stereocenters. The van der Waals surface area contributed by atoms with Crippen LogP contribution in [-0.2, 0) is 0 Å². The van der Waals surface area contributed by atoms with Gasteiger partial charge in [-0.1, -0.05) is 29.8 Å². The molecule has 3 rings (SSSR count). The van der Waals surface area contributed by atoms with Crippen molar-refractivity contribution in [2.45, 2.75) is 13.0 Å². The van der Waals surface area contributed by atoms with Crippen molar-refractivity contribution in [1.82, 2.24) is 10.6 Å². The van der Waals surface area contributed by atoms with E-state index < -0.39 is 0 Å². The molecule has 7 heteroatoms. The monoisotopic (exact) mass is 358 g/mol. The summed E-state index contributed by atoms with van der Waals surface area (Å²) in [5.41, 5.74) is 2.33. The van der Waals surface area contributed by atoms with Crippen molar-refractivity contribution in [2.24, 2.45) is 0 Å². The number of benzene rings is 2. The fourth-order valence-corrected chi connectivity index (χ4v) is 2.79. The minimum atomic E-state index is -0.314. The standard InChI is InChI=1S/C18H19ClN4O2/c1-12(13-5-7-14(19)8-6-13)21-17(24)22-15-3-2-4-16(11-15)23-10-9-20-18(23)25/h2-8,11-12H,9-10H2,1H3,(H,20,25)(H2,21,22,24). The quantitative estimate of drug-likeness (QED) is 0.778. The van der Waals surface area contributed by atoms with Gasteiger partial charge in [-0.3, -0.25) is 4.90 Å². The second-order valence-electron chi connectivity index (χ2n) is 5.81. The first kappa shape index (κ1) is 17.1. The zero-order chi connectivity index (χ0) is 17.8. The van der Waals surface area contributed by atoms with Crippen molar-refractivity contribution in [3.05, 3.63) is 59.1 Å². The minimum absolute atomic E-state index is 0.127. The molecule has 0 saturated carbocycles. The third-order valence-electron chi connectivity index (χ3n) is 3.99. The molecule has 0 bridgehead atoms. The number of nitrogens with zero attached hydrogens (tertiary/aromatic N) is 1. The van der Waals surface area contributed by atoms with E-state index >= 15 is 0 Å². The lowest BCUT2D eigenvalue weighted by atomic mass is 10.1. The Morgan fingerprint density at radius 1 is 1.24 bits per heavy atom. The molecule has 1 saturated heterocycles. The van der Waals surface area contributed by atoms with Crippen molar-refractivity contribution >= 4 is 35.0 Å². The molecule has 1 aliphatic rings. The van der Waals surface area contributed by atoms with Crippen molar-refractivity contribution in [3.8, 4) is 0 Å². The van der Waals surface area contributed by atoms with E-state index in [-0.39, 0.29) is 18.1 Å². The number of hydrogen-bond acceptors (Lipinski definition) is 2. The fraction of sp³-hybridized carbons (Fsp3) is 0.222. The van der Waals surface area contributed by atoms with Gasteiger partial charge in [0.15, 0.2) is 0 Å². The van der Waals surface area contributed by atoms with E-state index in [0.717, 1.165) is 11.3 Å². The average Bonchev–Trinajstić information content (AvgIpc) is 3.01. The van der Waals surface area contributed by atoms with Crippen LogP contribution in [0.4, 0.5) is 21.0 Å². The molecule has 1 aliphatic heterocycles. The number of halogens is 1. The Morgan fingerprint density at radius 2 is 2.00 bits per heavy atom. The number of nitrogens with one attached hydrogen (secondary N) is 3. The van der Waals surface area contributed by atoms with E-state index in [0.29, 0.717) is 23.8 Å². The molecule has 6 nitrogen and oxygen atoms in total. The highest BCUT2D eigenvalue weighted by Gasteiger charge is 2.21. The van der Waals surface area contributed by atoms with Crippen LogP contribution >= 0.6 is 11.6 Å². The number of carbonyl (C=O) groups is 2. The molecule has 25 heavy (non-hydrogen) atoms. The highest BCUT2D eigenvalue weighted by atomic mass is 35.5. The third-order valence-corrected chi connectivity index (χ3v) is 4.24. The van der Waals surface area contributed by atoms with Crippen LogP contribution < -0.4 is 20.9 Å². The first-order valence-electron chi connectivity index (χ1n) is 8.01. The molecule has 0 aromatic heterocycles. The van der Waals surface area contributed by atoms with Gasteiger partial charge in [-0.15, -0.1) is 0 Å². The van der Waals surface area contributed by atoms with Crippen molar-refractivity contribution in [1.29, 1.82) is 0 Å². The van der Waals surface area contributed by atoms with Gasteiger partial charge in [0.2, 0.25) is 0 Å². The Morgan fingerprint density at radius 3 is 2.68 bits per heavy atom. The van der Waals surface area contributed by atoms with Gasteiger partial charge < -0.3 is 16.0 Å². The molecule has 0 spiro atoms. The number of rotatable bonds is 4. The molecule has 1 atom stereocenters. The van der Waals surface area contributed by atoms with Gasteiger partial charge in [-0.05, 0) is 42.8 Å². The maximum atomic E-state index is 12.2. The smallest absolute Gasteiger partial charge is 0.321 e. The van der Waals surface area contributed by atoms with Gasteiger partial charge >= 0.3 is 12.1 Å². The zero-order valence-electron chi connectivity index (χ0n) is 13.8. The largest absolute Gasteiger partial charge is 0.336 e. The normalized spacial score (nSPS) is 14.8. The predicted octanol–water partition coefficient (Wildman–Crippen LogP) is 3.75. The maximum Gasteiger partial charge on any atom is 0.321 e. The molecule has 1 heterocycles. The Kier molecular flexibility index (Phi) is 5.09. The Hall–Kier alpha value is -2.73. The average molecular weight is 359 g/mol. The zero-order valence-corrected chi connectivity index (χ0v) is 14.5. The molecular formula is C18H19ClN4O2. The second kappa shape index (κ2) is 7.44. The van der Waals surface area contributed by atoms with E-state index in [2.05, 4.69) is 16.0 Å². The lowest BCUT2D eigenvalue weighted by molar-refractivity contribution is 0.249. The van der Waals surface area contributed by atoms with Crippen molar-refractivity contribution < 1.29 is 9.59 Å². The summed E-state index contributed by atoms with van der Waals surface area (Å²) in [6.07, 6.45) is 0. The molecule has 0 radical (unpaired) electrons. The van der Waals surface area contributed by atoms with Crippen LogP contribution in [0.1, 0.15) is 18.5 Å². The van der Waals surface area contributed by atoms with Gasteiger partial charge in [-0.2, -0.15) is 0 Å². The molecule has 130 valence electrons. The summed E-state index contributed by atoms with van der Waals surface area (Å²) in [6, 6.07) is 13.9. The molecule has 0 aliphatic carbocycles. The van der Waals surface area contributed by atoms with Crippen LogP contribution in [0.3, 0.4) is 0 Å². The van der Waals surface area contributed by atoms with Crippen LogP contribution in [0.25, 0.3) is 0 Å². The Balaban J connectivity index is 1.62. The summed E-state index contributed by atoms with van der Waals surface area (Å²) in [5.74, 6) is 0. The number of anilines is 2. The van der Waals surface area contributed by atoms with Gasteiger partial charge in [0.05, 0.1) is 6.04 Å². The number of urea groups is 2. The van der Waals surface area contributed by atoms with E-state index in [9.17, 15) is 9.59 Å². The Labute approximate surface area is 151 Å². The molecule has 3 N–H and O–H groups in total. The molecule has 2 aromatic rings. The number of amides is 4. The van der Waals surface area contributed by atoms with Crippen LogP contribution in [0.15, 0.2) is 48.5 Å². The highest BCUT2D eigenvalue weighted by Crippen LogP contribution is 2.21. The summed E-state index contributed by atoms with van der Waals surface area (Å²) in [6.45, 7) is 3.13. The van der Waals surface area contributed by atoms with Crippen molar-refractivity contribution in [2.75, 3.05) is 23.3 Å². The van der Waals surface area contributed by atoms with E-state index in [4.69, 9.17) is 11.6 Å². The predicted molar refractivity (Wildman–Crippen MR) is 99.2 cm³/mol. The van der Waals surface area contributed by atoms with Crippen LogP contribution in [0.5, 0.6) is 0 Å². The van der Waals surface area contributed by atoms with E-state index in [1.807, 2.05) is 25.1 Å². The van der Waals surface area contributed by atoms with Gasteiger partial charge in [0.1, 0.15) is 0 Å². The van der Waals surface area contributed by atoms with E-state index in [1.54, 1.807) is 35.2 Å². The molecule has 4 amide bonds. The lowest BCUT2D eigenvalue weighted by Crippen LogP contribution is -2.31. The lowest BCUT2D eigenvalue weighted by Gasteiger charge is -2.17. The topological polar surface area (TPSA) is 73.5 Å². The Bertz CT molecular complexity index is 779. The minimum Gasteiger partial charge on any atom is -0.336 e. The van der Waals surface area contributed by atoms with Gasteiger partial charge in [0.25, 0.3) is 0 Å². The SMILES string of the molecule is CC(NC(=O)Nc1cccc(N2CCNC2=O)c1)c1ccc(Cl)cc1. The second-order valence-corrected chi connectivity index (χ2v) is 6.24. The van der Waals surface area contributed by atoms with E-state index in [1.165, 1.54) is 0 Å². The third kappa shape index (κ3) is 4.22. The highest BCUT2D eigenvalue weighted by molar-refractivity contribution is 6.30. The van der Waals surface area contributed by atoms with Crippen LogP contribution in [-0.4, -0.2) is 25.2 Å². The van der Waals surface area contributed by atoms with Crippen LogP contribution in [0, 0.1) is 0 Å². The summed E-state index contributed by atoms with van der Waals surface area (Å²) in [5, 5.41) is 9.08. The molecule has 2 aromatic carbocycles. The summed E-state index contributed by atoms with van der Waals surface area (Å²) in [4.78, 5) is 25.6. The van der Waals surface area contributed by atoms with Gasteiger partial charge in [-0.25, -0.2) is 9.59 Å².